The lowest BCUT2D eigenvalue weighted by molar-refractivity contribution is 0.262. The molecule has 0 saturated heterocycles. The van der Waals surface area contributed by atoms with Crippen LogP contribution in [0.4, 0.5) is 16.2 Å². The van der Waals surface area contributed by atoms with Gasteiger partial charge in [0.2, 0.25) is 0 Å². The van der Waals surface area contributed by atoms with E-state index in [1.807, 2.05) is 24.3 Å². The van der Waals surface area contributed by atoms with Gasteiger partial charge in [-0.05, 0) is 59.3 Å². The zero-order valence-corrected chi connectivity index (χ0v) is 13.7. The van der Waals surface area contributed by atoms with Gasteiger partial charge in [-0.25, -0.2) is 4.79 Å². The summed E-state index contributed by atoms with van der Waals surface area (Å²) in [5.41, 5.74) is 1.30. The van der Waals surface area contributed by atoms with Crippen LogP contribution in [0.15, 0.2) is 72.8 Å². The van der Waals surface area contributed by atoms with Crippen molar-refractivity contribution in [3.63, 3.8) is 0 Å². The predicted molar refractivity (Wildman–Crippen MR) is 104 cm³/mol. The fraction of sp³-hybridized carbons (Fsp3) is 0. The van der Waals surface area contributed by atoms with Crippen molar-refractivity contribution < 1.29 is 15.0 Å². The molecule has 4 rings (SSSR count). The zero-order chi connectivity index (χ0) is 18.1. The van der Waals surface area contributed by atoms with Crippen LogP contribution in [0.5, 0.6) is 11.5 Å². The van der Waals surface area contributed by atoms with Gasteiger partial charge in [0.15, 0.2) is 0 Å². The molecule has 0 aliphatic rings. The van der Waals surface area contributed by atoms with Gasteiger partial charge in [0, 0.05) is 10.8 Å². The second kappa shape index (κ2) is 6.29. The number of hydrogen-bond donors (Lipinski definition) is 4. The Kier molecular flexibility index (Phi) is 3.82. The molecule has 4 N–H and O–H groups in total. The van der Waals surface area contributed by atoms with Crippen molar-refractivity contribution in [2.24, 2.45) is 0 Å². The van der Waals surface area contributed by atoms with Gasteiger partial charge >= 0.3 is 6.03 Å². The Morgan fingerprint density at radius 3 is 1.58 bits per heavy atom. The molecule has 0 unspecified atom stereocenters. The summed E-state index contributed by atoms with van der Waals surface area (Å²) in [7, 11) is 0. The molecule has 0 bridgehead atoms. The van der Waals surface area contributed by atoms with Crippen LogP contribution >= 0.6 is 0 Å². The van der Waals surface area contributed by atoms with Gasteiger partial charge in [-0.15, -0.1) is 0 Å². The normalized spacial score (nSPS) is 10.8. The summed E-state index contributed by atoms with van der Waals surface area (Å²) in [4.78, 5) is 12.5. The number of amides is 2. The first-order valence-electron chi connectivity index (χ1n) is 8.12. The molecule has 0 fully saturated rings. The maximum absolute atomic E-state index is 12.5. The van der Waals surface area contributed by atoms with Crippen LogP contribution in [0, 0.1) is 0 Å². The van der Waals surface area contributed by atoms with Crippen molar-refractivity contribution in [1.82, 2.24) is 0 Å². The van der Waals surface area contributed by atoms with E-state index in [1.54, 1.807) is 48.5 Å². The standard InChI is InChI=1S/C21H16N2O3/c24-15-7-9-17-13(11-15)3-1-5-19(17)22-21(26)23-20-6-2-4-14-12-16(25)8-10-18(14)20/h1-12,24-25H,(H2,22,23,26). The molecule has 0 spiro atoms. The average molecular weight is 344 g/mol. The van der Waals surface area contributed by atoms with E-state index in [0.29, 0.717) is 11.4 Å². The number of rotatable bonds is 2. The van der Waals surface area contributed by atoms with E-state index in [9.17, 15) is 15.0 Å². The average Bonchev–Trinajstić information content (AvgIpc) is 2.61. The van der Waals surface area contributed by atoms with E-state index in [-0.39, 0.29) is 17.5 Å². The van der Waals surface area contributed by atoms with Gasteiger partial charge in [-0.1, -0.05) is 24.3 Å². The van der Waals surface area contributed by atoms with Gasteiger partial charge in [0.25, 0.3) is 0 Å². The predicted octanol–water partition coefficient (Wildman–Crippen LogP) is 5.05. The highest BCUT2D eigenvalue weighted by molar-refractivity contribution is 6.09. The van der Waals surface area contributed by atoms with Crippen LogP contribution in [0.3, 0.4) is 0 Å². The highest BCUT2D eigenvalue weighted by atomic mass is 16.3. The van der Waals surface area contributed by atoms with Crippen molar-refractivity contribution >= 4 is 39.0 Å². The summed E-state index contributed by atoms with van der Waals surface area (Å²) < 4.78 is 0. The van der Waals surface area contributed by atoms with Crippen molar-refractivity contribution in [2.45, 2.75) is 0 Å². The molecule has 2 amide bonds. The Morgan fingerprint density at radius 1 is 0.654 bits per heavy atom. The minimum Gasteiger partial charge on any atom is -0.508 e. The summed E-state index contributed by atoms with van der Waals surface area (Å²) in [6, 6.07) is 20.6. The number of phenolic OH excluding ortho intramolecular Hbond substituents is 2. The first-order chi connectivity index (χ1) is 12.6. The van der Waals surface area contributed by atoms with Crippen LogP contribution in [0.1, 0.15) is 0 Å². The van der Waals surface area contributed by atoms with E-state index in [2.05, 4.69) is 10.6 Å². The number of nitrogens with one attached hydrogen (secondary N) is 2. The molecule has 4 aromatic rings. The number of phenols is 2. The number of carbonyl (C=O) groups excluding carboxylic acids is 1. The van der Waals surface area contributed by atoms with Gasteiger partial charge in [0.05, 0.1) is 11.4 Å². The Labute approximate surface area is 149 Å². The summed E-state index contributed by atoms with van der Waals surface area (Å²) in [5.74, 6) is 0.358. The van der Waals surface area contributed by atoms with E-state index >= 15 is 0 Å². The van der Waals surface area contributed by atoms with Crippen molar-refractivity contribution in [3.8, 4) is 11.5 Å². The fourth-order valence-electron chi connectivity index (χ4n) is 3.04. The second-order valence-electron chi connectivity index (χ2n) is 6.00. The van der Waals surface area contributed by atoms with Crippen LogP contribution in [0.25, 0.3) is 21.5 Å². The Hall–Kier alpha value is -3.73. The van der Waals surface area contributed by atoms with Crippen molar-refractivity contribution in [1.29, 1.82) is 0 Å². The topological polar surface area (TPSA) is 81.6 Å². The lowest BCUT2D eigenvalue weighted by Gasteiger charge is -2.12. The Bertz CT molecular complexity index is 1050. The third-order valence-electron chi connectivity index (χ3n) is 4.22. The molecule has 0 aliphatic carbocycles. The highest BCUT2D eigenvalue weighted by Gasteiger charge is 2.09. The Morgan fingerprint density at radius 2 is 1.12 bits per heavy atom. The van der Waals surface area contributed by atoms with Crippen LogP contribution < -0.4 is 10.6 Å². The second-order valence-corrected chi connectivity index (χ2v) is 6.00. The quantitative estimate of drug-likeness (QED) is 0.411. The maximum atomic E-state index is 12.5. The number of hydrogen-bond acceptors (Lipinski definition) is 3. The summed E-state index contributed by atoms with van der Waals surface area (Å²) in [6.07, 6.45) is 0. The fourth-order valence-corrected chi connectivity index (χ4v) is 3.04. The molecule has 5 nitrogen and oxygen atoms in total. The molecule has 128 valence electrons. The maximum Gasteiger partial charge on any atom is 0.323 e. The zero-order valence-electron chi connectivity index (χ0n) is 13.7. The number of urea groups is 1. The number of aromatic hydroxyl groups is 2. The third kappa shape index (κ3) is 2.98. The van der Waals surface area contributed by atoms with Crippen LogP contribution in [-0.2, 0) is 0 Å². The molecular weight excluding hydrogens is 328 g/mol. The number of anilines is 2. The molecular formula is C21H16N2O3. The Balaban J connectivity index is 1.62. The summed E-state index contributed by atoms with van der Waals surface area (Å²) in [6.45, 7) is 0. The monoisotopic (exact) mass is 344 g/mol. The molecule has 0 radical (unpaired) electrons. The van der Waals surface area contributed by atoms with E-state index in [0.717, 1.165) is 21.5 Å². The molecule has 0 aliphatic heterocycles. The van der Waals surface area contributed by atoms with E-state index < -0.39 is 0 Å². The lowest BCUT2D eigenvalue weighted by Crippen LogP contribution is -2.19. The van der Waals surface area contributed by atoms with Gasteiger partial charge in [-0.2, -0.15) is 0 Å². The van der Waals surface area contributed by atoms with Gasteiger partial charge in [0.1, 0.15) is 11.5 Å². The number of carbonyl (C=O) groups is 1. The molecule has 0 aromatic heterocycles. The minimum atomic E-state index is -0.369. The van der Waals surface area contributed by atoms with E-state index in [1.165, 1.54) is 0 Å². The molecule has 26 heavy (non-hydrogen) atoms. The molecule has 5 heteroatoms. The third-order valence-corrected chi connectivity index (χ3v) is 4.22. The number of fused-ring (bicyclic) bond motifs is 2. The van der Waals surface area contributed by atoms with Crippen molar-refractivity contribution in [3.05, 3.63) is 72.8 Å². The molecule has 0 heterocycles. The SMILES string of the molecule is O=C(Nc1cccc2cc(O)ccc12)Nc1cccc2cc(O)ccc12. The lowest BCUT2D eigenvalue weighted by atomic mass is 10.1. The summed E-state index contributed by atoms with van der Waals surface area (Å²) >= 11 is 0. The molecule has 0 atom stereocenters. The minimum absolute atomic E-state index is 0.179. The number of benzene rings is 4. The first-order valence-corrected chi connectivity index (χ1v) is 8.12. The summed E-state index contributed by atoms with van der Waals surface area (Å²) in [5, 5.41) is 28.2. The van der Waals surface area contributed by atoms with Gasteiger partial charge in [-0.3, -0.25) is 0 Å². The highest BCUT2D eigenvalue weighted by Crippen LogP contribution is 2.28. The molecule has 4 aromatic carbocycles. The largest absolute Gasteiger partial charge is 0.508 e. The van der Waals surface area contributed by atoms with Crippen LogP contribution in [0.2, 0.25) is 0 Å². The van der Waals surface area contributed by atoms with Crippen molar-refractivity contribution in [2.75, 3.05) is 10.6 Å². The molecule has 0 saturated carbocycles. The van der Waals surface area contributed by atoms with E-state index in [4.69, 9.17) is 0 Å². The van der Waals surface area contributed by atoms with Crippen LogP contribution in [-0.4, -0.2) is 16.2 Å². The first kappa shape index (κ1) is 15.8. The van der Waals surface area contributed by atoms with Gasteiger partial charge < -0.3 is 20.8 Å². The smallest absolute Gasteiger partial charge is 0.323 e.